The minimum Gasteiger partial charge on any atom is -0.369 e. The number of thiophene rings is 1. The first-order chi connectivity index (χ1) is 12.3. The number of guanidine groups is 1. The standard InChI is InChI=1S/C19H19ClFN3OS/c1-19(16(10-3-4-10)17(25)24(2)18(22)23-19)15-8-7-14(26-15)11-5-6-13(21)12(20)9-11/h5-10,16H,3-4H2,1-2H3,(H2,22,23)/t16-,19+/m0/s1. The molecule has 1 aromatic heterocycles. The summed E-state index contributed by atoms with van der Waals surface area (Å²) in [6.07, 6.45) is 2.09. The maximum atomic E-state index is 13.4. The van der Waals surface area contributed by atoms with Crippen molar-refractivity contribution in [1.82, 2.24) is 4.90 Å². The Balaban J connectivity index is 1.77. The number of hydrogen-bond donors (Lipinski definition) is 1. The number of rotatable bonds is 3. The third-order valence-electron chi connectivity index (χ3n) is 5.30. The van der Waals surface area contributed by atoms with Gasteiger partial charge in [0, 0.05) is 16.8 Å². The van der Waals surface area contributed by atoms with Gasteiger partial charge in [0.05, 0.1) is 10.9 Å². The van der Waals surface area contributed by atoms with Gasteiger partial charge < -0.3 is 5.73 Å². The average Bonchev–Trinajstić information content (AvgIpc) is 3.29. The summed E-state index contributed by atoms with van der Waals surface area (Å²) in [4.78, 5) is 21.0. The lowest BCUT2D eigenvalue weighted by atomic mass is 9.79. The first kappa shape index (κ1) is 17.5. The zero-order valence-electron chi connectivity index (χ0n) is 14.5. The van der Waals surface area contributed by atoms with Crippen molar-refractivity contribution in [1.29, 1.82) is 0 Å². The quantitative estimate of drug-likeness (QED) is 0.850. The zero-order chi connectivity index (χ0) is 18.6. The van der Waals surface area contributed by atoms with Crippen LogP contribution in [-0.2, 0) is 10.3 Å². The summed E-state index contributed by atoms with van der Waals surface area (Å²) in [5.41, 5.74) is 6.18. The van der Waals surface area contributed by atoms with Crippen LogP contribution in [0.2, 0.25) is 5.02 Å². The fraction of sp³-hybridized carbons (Fsp3) is 0.368. The Morgan fingerprint density at radius 3 is 2.73 bits per heavy atom. The molecule has 2 aromatic rings. The molecule has 0 radical (unpaired) electrons. The van der Waals surface area contributed by atoms with E-state index in [1.165, 1.54) is 11.0 Å². The van der Waals surface area contributed by atoms with Crippen molar-refractivity contribution in [3.05, 3.63) is 46.0 Å². The molecule has 1 aliphatic heterocycles. The number of carbonyl (C=O) groups is 1. The van der Waals surface area contributed by atoms with Gasteiger partial charge in [-0.1, -0.05) is 17.7 Å². The Bertz CT molecular complexity index is 923. The van der Waals surface area contributed by atoms with Crippen LogP contribution >= 0.6 is 22.9 Å². The van der Waals surface area contributed by atoms with E-state index in [4.69, 9.17) is 22.3 Å². The predicted molar refractivity (Wildman–Crippen MR) is 103 cm³/mol. The van der Waals surface area contributed by atoms with Crippen LogP contribution in [0.1, 0.15) is 24.6 Å². The molecular formula is C19H19ClFN3OS. The minimum atomic E-state index is -0.679. The van der Waals surface area contributed by atoms with Gasteiger partial charge in [0.1, 0.15) is 11.4 Å². The lowest BCUT2D eigenvalue weighted by Crippen LogP contribution is -2.54. The Hall–Kier alpha value is -1.92. The highest BCUT2D eigenvalue weighted by Crippen LogP contribution is 2.52. The largest absolute Gasteiger partial charge is 0.369 e. The summed E-state index contributed by atoms with van der Waals surface area (Å²) >= 11 is 7.46. The molecule has 0 saturated heterocycles. The number of carbonyl (C=O) groups excluding carboxylic acids is 1. The van der Waals surface area contributed by atoms with E-state index in [2.05, 4.69) is 0 Å². The van der Waals surface area contributed by atoms with Crippen LogP contribution in [-0.4, -0.2) is 23.8 Å². The molecule has 1 amide bonds. The number of nitrogens with zero attached hydrogens (tertiary/aromatic N) is 2. The highest BCUT2D eigenvalue weighted by molar-refractivity contribution is 7.15. The third-order valence-corrected chi connectivity index (χ3v) is 6.95. The number of nitrogens with two attached hydrogens (primary N) is 1. The fourth-order valence-corrected chi connectivity index (χ4v) is 4.97. The van der Waals surface area contributed by atoms with E-state index >= 15 is 0 Å². The molecule has 1 aromatic carbocycles. The Kier molecular flexibility index (Phi) is 4.08. The van der Waals surface area contributed by atoms with Crippen LogP contribution in [0.15, 0.2) is 35.3 Å². The first-order valence-corrected chi connectivity index (χ1v) is 9.69. The number of hydrogen-bond acceptors (Lipinski definition) is 4. The van der Waals surface area contributed by atoms with E-state index in [1.54, 1.807) is 30.5 Å². The number of halogens is 2. The van der Waals surface area contributed by atoms with Crippen molar-refractivity contribution >= 4 is 34.8 Å². The molecule has 4 rings (SSSR count). The fourth-order valence-electron chi connectivity index (χ4n) is 3.66. The van der Waals surface area contributed by atoms with Crippen LogP contribution in [0.3, 0.4) is 0 Å². The average molecular weight is 392 g/mol. The molecule has 4 nitrogen and oxygen atoms in total. The van der Waals surface area contributed by atoms with E-state index in [9.17, 15) is 9.18 Å². The molecule has 2 atom stereocenters. The molecule has 136 valence electrons. The molecule has 1 aliphatic carbocycles. The molecule has 26 heavy (non-hydrogen) atoms. The van der Waals surface area contributed by atoms with Crippen molar-refractivity contribution in [2.24, 2.45) is 22.6 Å². The summed E-state index contributed by atoms with van der Waals surface area (Å²) < 4.78 is 13.4. The van der Waals surface area contributed by atoms with E-state index < -0.39 is 11.4 Å². The van der Waals surface area contributed by atoms with Crippen molar-refractivity contribution < 1.29 is 9.18 Å². The molecular weight excluding hydrogens is 373 g/mol. The van der Waals surface area contributed by atoms with Crippen molar-refractivity contribution in [2.75, 3.05) is 7.05 Å². The minimum absolute atomic E-state index is 0.0299. The number of amides is 1. The lowest BCUT2D eigenvalue weighted by Gasteiger charge is -2.40. The smallest absolute Gasteiger partial charge is 0.235 e. The van der Waals surface area contributed by atoms with Crippen LogP contribution in [0.25, 0.3) is 10.4 Å². The highest BCUT2D eigenvalue weighted by atomic mass is 35.5. The number of benzene rings is 1. The topological polar surface area (TPSA) is 58.7 Å². The first-order valence-electron chi connectivity index (χ1n) is 8.50. The molecule has 2 aliphatic rings. The summed E-state index contributed by atoms with van der Waals surface area (Å²) in [6, 6.07) is 8.63. The van der Waals surface area contributed by atoms with Crippen LogP contribution in [0.5, 0.6) is 0 Å². The SMILES string of the molecule is CN1C(=O)[C@H](C2CC2)[C@@](C)(c2ccc(-c3ccc(F)c(Cl)c3)s2)N=C1N. The molecule has 2 heterocycles. The molecule has 1 saturated carbocycles. The van der Waals surface area contributed by atoms with Crippen molar-refractivity contribution in [3.8, 4) is 10.4 Å². The van der Waals surface area contributed by atoms with E-state index in [-0.39, 0.29) is 22.8 Å². The Labute approximate surface area is 160 Å². The molecule has 0 unspecified atom stereocenters. The predicted octanol–water partition coefficient (Wildman–Crippen LogP) is 4.24. The van der Waals surface area contributed by atoms with Gasteiger partial charge in [-0.3, -0.25) is 9.69 Å². The van der Waals surface area contributed by atoms with Gasteiger partial charge in [-0.25, -0.2) is 9.38 Å². The maximum Gasteiger partial charge on any atom is 0.235 e. The second kappa shape index (κ2) is 6.06. The summed E-state index contributed by atoms with van der Waals surface area (Å²) in [7, 11) is 1.68. The van der Waals surface area contributed by atoms with Gasteiger partial charge in [-0.2, -0.15) is 0 Å². The molecule has 1 fully saturated rings. The molecule has 2 N–H and O–H groups in total. The van der Waals surface area contributed by atoms with Gasteiger partial charge in [-0.05, 0) is 55.5 Å². The highest BCUT2D eigenvalue weighted by Gasteiger charge is 2.53. The van der Waals surface area contributed by atoms with Crippen LogP contribution in [0.4, 0.5) is 4.39 Å². The lowest BCUT2D eigenvalue weighted by molar-refractivity contribution is -0.134. The molecule has 0 spiro atoms. The zero-order valence-corrected chi connectivity index (χ0v) is 16.1. The van der Waals surface area contributed by atoms with Gasteiger partial charge in [0.25, 0.3) is 0 Å². The van der Waals surface area contributed by atoms with E-state index in [0.29, 0.717) is 5.92 Å². The van der Waals surface area contributed by atoms with Crippen LogP contribution in [0, 0.1) is 17.7 Å². The summed E-state index contributed by atoms with van der Waals surface area (Å²) in [5.74, 6) is -0.0246. The summed E-state index contributed by atoms with van der Waals surface area (Å²) in [6.45, 7) is 1.99. The Morgan fingerprint density at radius 1 is 1.35 bits per heavy atom. The van der Waals surface area contributed by atoms with Crippen molar-refractivity contribution in [2.45, 2.75) is 25.3 Å². The third kappa shape index (κ3) is 2.72. The normalized spacial score (nSPS) is 26.2. The van der Waals surface area contributed by atoms with Gasteiger partial charge in [0.2, 0.25) is 5.91 Å². The van der Waals surface area contributed by atoms with E-state index in [1.807, 2.05) is 19.1 Å². The van der Waals surface area contributed by atoms with Gasteiger partial charge >= 0.3 is 0 Å². The molecule has 0 bridgehead atoms. The van der Waals surface area contributed by atoms with Gasteiger partial charge in [0.15, 0.2) is 5.96 Å². The second-order valence-corrected chi connectivity index (χ2v) is 8.61. The number of aliphatic imine (C=N–C) groups is 1. The van der Waals surface area contributed by atoms with Crippen LogP contribution < -0.4 is 5.73 Å². The monoisotopic (exact) mass is 391 g/mol. The Morgan fingerprint density at radius 2 is 2.08 bits per heavy atom. The second-order valence-electron chi connectivity index (χ2n) is 7.12. The molecule has 7 heteroatoms. The van der Waals surface area contributed by atoms with Gasteiger partial charge in [-0.15, -0.1) is 11.3 Å². The summed E-state index contributed by atoms with van der Waals surface area (Å²) in [5, 5.41) is 0.0938. The maximum absolute atomic E-state index is 13.4. The van der Waals surface area contributed by atoms with Crippen molar-refractivity contribution in [3.63, 3.8) is 0 Å². The van der Waals surface area contributed by atoms with E-state index in [0.717, 1.165) is 28.2 Å².